The third-order valence-electron chi connectivity index (χ3n) is 3.16. The van der Waals surface area contributed by atoms with E-state index >= 15 is 0 Å². The Morgan fingerprint density at radius 1 is 1.53 bits per heavy atom. The molecule has 1 aromatic rings. The van der Waals surface area contributed by atoms with Crippen molar-refractivity contribution in [3.8, 4) is 0 Å². The number of hydrogen-bond donors (Lipinski definition) is 1. The molecule has 2 rings (SSSR count). The highest BCUT2D eigenvalue weighted by Gasteiger charge is 2.33. The van der Waals surface area contributed by atoms with Gasteiger partial charge in [0.05, 0.1) is 12.3 Å². The van der Waals surface area contributed by atoms with Gasteiger partial charge < -0.3 is 14.9 Å². The van der Waals surface area contributed by atoms with Gasteiger partial charge in [0.15, 0.2) is 0 Å². The normalized spacial score (nSPS) is 24.9. The average Bonchev–Trinajstić information content (AvgIpc) is 2.83. The van der Waals surface area contributed by atoms with Crippen molar-refractivity contribution in [2.75, 3.05) is 32.1 Å². The van der Waals surface area contributed by atoms with Gasteiger partial charge in [-0.15, -0.1) is 5.10 Å². The first kappa shape index (κ1) is 12.3. The SMILES string of the molecule is CCn1nncc1N1CC(O)CC1CN(C)C. The second-order valence-electron chi connectivity index (χ2n) is 4.87. The topological polar surface area (TPSA) is 57.4 Å². The summed E-state index contributed by atoms with van der Waals surface area (Å²) in [7, 11) is 4.11. The lowest BCUT2D eigenvalue weighted by Crippen LogP contribution is -2.38. The Hall–Kier alpha value is -1.14. The zero-order valence-electron chi connectivity index (χ0n) is 10.7. The summed E-state index contributed by atoms with van der Waals surface area (Å²) in [6.07, 6.45) is 2.34. The number of aryl methyl sites for hydroxylation is 1. The molecular formula is C11H21N5O. The lowest BCUT2D eigenvalue weighted by atomic mass is 10.2. The first-order valence-corrected chi connectivity index (χ1v) is 6.09. The largest absolute Gasteiger partial charge is 0.391 e. The van der Waals surface area contributed by atoms with Crippen LogP contribution in [0.2, 0.25) is 0 Å². The van der Waals surface area contributed by atoms with E-state index in [1.165, 1.54) is 0 Å². The summed E-state index contributed by atoms with van der Waals surface area (Å²) in [5, 5.41) is 17.8. The number of hydrogen-bond acceptors (Lipinski definition) is 5. The van der Waals surface area contributed by atoms with E-state index < -0.39 is 0 Å². The van der Waals surface area contributed by atoms with Crippen molar-refractivity contribution in [3.05, 3.63) is 6.20 Å². The van der Waals surface area contributed by atoms with Crippen LogP contribution in [0.3, 0.4) is 0 Å². The Balaban J connectivity index is 2.17. The quantitative estimate of drug-likeness (QED) is 0.788. The molecule has 2 unspecified atom stereocenters. The maximum Gasteiger partial charge on any atom is 0.147 e. The average molecular weight is 239 g/mol. The van der Waals surface area contributed by atoms with Crippen molar-refractivity contribution in [2.45, 2.75) is 32.0 Å². The zero-order valence-corrected chi connectivity index (χ0v) is 10.7. The van der Waals surface area contributed by atoms with Crippen LogP contribution >= 0.6 is 0 Å². The summed E-state index contributed by atoms with van der Waals surface area (Å²) < 4.78 is 1.88. The molecular weight excluding hydrogens is 218 g/mol. The molecule has 0 bridgehead atoms. The van der Waals surface area contributed by atoms with Gasteiger partial charge in [-0.3, -0.25) is 0 Å². The fourth-order valence-electron chi connectivity index (χ4n) is 2.47. The highest BCUT2D eigenvalue weighted by molar-refractivity contribution is 5.40. The number of rotatable bonds is 4. The third-order valence-corrected chi connectivity index (χ3v) is 3.16. The van der Waals surface area contributed by atoms with E-state index in [0.717, 1.165) is 25.3 Å². The van der Waals surface area contributed by atoms with Gasteiger partial charge in [-0.05, 0) is 27.4 Å². The van der Waals surface area contributed by atoms with Crippen LogP contribution in [0.25, 0.3) is 0 Å². The van der Waals surface area contributed by atoms with Crippen molar-refractivity contribution in [1.82, 2.24) is 19.9 Å². The van der Waals surface area contributed by atoms with Gasteiger partial charge in [-0.2, -0.15) is 0 Å². The Morgan fingerprint density at radius 3 is 2.94 bits per heavy atom. The Morgan fingerprint density at radius 2 is 2.29 bits per heavy atom. The van der Waals surface area contributed by atoms with E-state index in [1.807, 2.05) is 11.6 Å². The third kappa shape index (κ3) is 2.58. The fraction of sp³-hybridized carbons (Fsp3) is 0.818. The van der Waals surface area contributed by atoms with Gasteiger partial charge in [0.25, 0.3) is 0 Å². The summed E-state index contributed by atoms with van der Waals surface area (Å²) in [5.41, 5.74) is 0. The minimum absolute atomic E-state index is 0.250. The molecule has 1 aromatic heterocycles. The summed E-state index contributed by atoms with van der Waals surface area (Å²) in [5.74, 6) is 1.01. The van der Waals surface area contributed by atoms with Crippen molar-refractivity contribution in [2.24, 2.45) is 0 Å². The molecule has 96 valence electrons. The summed E-state index contributed by atoms with van der Waals surface area (Å²) >= 11 is 0. The Bertz CT molecular complexity index is 364. The van der Waals surface area contributed by atoms with Gasteiger partial charge in [-0.25, -0.2) is 4.68 Å². The molecule has 0 amide bonds. The highest BCUT2D eigenvalue weighted by Crippen LogP contribution is 2.25. The van der Waals surface area contributed by atoms with Crippen LogP contribution in [-0.2, 0) is 6.54 Å². The van der Waals surface area contributed by atoms with Gasteiger partial charge in [0.1, 0.15) is 5.82 Å². The zero-order chi connectivity index (χ0) is 12.4. The van der Waals surface area contributed by atoms with Crippen molar-refractivity contribution >= 4 is 5.82 Å². The monoisotopic (exact) mass is 239 g/mol. The molecule has 0 aliphatic carbocycles. The van der Waals surface area contributed by atoms with Crippen molar-refractivity contribution in [3.63, 3.8) is 0 Å². The molecule has 2 atom stereocenters. The van der Waals surface area contributed by atoms with Crippen LogP contribution in [-0.4, -0.2) is 64.3 Å². The fourth-order valence-corrected chi connectivity index (χ4v) is 2.47. The van der Waals surface area contributed by atoms with E-state index in [1.54, 1.807) is 6.20 Å². The predicted octanol–water partition coefficient (Wildman–Crippen LogP) is -0.201. The smallest absolute Gasteiger partial charge is 0.147 e. The molecule has 6 heteroatoms. The number of aliphatic hydroxyl groups excluding tert-OH is 1. The van der Waals surface area contributed by atoms with Crippen LogP contribution in [0, 0.1) is 0 Å². The number of aromatic nitrogens is 3. The highest BCUT2D eigenvalue weighted by atomic mass is 16.3. The molecule has 1 aliphatic rings. The number of anilines is 1. The Kier molecular flexibility index (Phi) is 3.63. The van der Waals surface area contributed by atoms with E-state index in [-0.39, 0.29) is 6.10 Å². The molecule has 2 heterocycles. The van der Waals surface area contributed by atoms with Crippen molar-refractivity contribution in [1.29, 1.82) is 0 Å². The van der Waals surface area contributed by atoms with Gasteiger partial charge in [0.2, 0.25) is 0 Å². The predicted molar refractivity (Wildman–Crippen MR) is 66.0 cm³/mol. The molecule has 1 fully saturated rings. The number of aliphatic hydroxyl groups is 1. The minimum atomic E-state index is -0.250. The number of nitrogens with zero attached hydrogens (tertiary/aromatic N) is 5. The van der Waals surface area contributed by atoms with Crippen molar-refractivity contribution < 1.29 is 5.11 Å². The molecule has 1 saturated heterocycles. The second-order valence-corrected chi connectivity index (χ2v) is 4.87. The minimum Gasteiger partial charge on any atom is -0.391 e. The Labute approximate surface area is 102 Å². The van der Waals surface area contributed by atoms with Crippen LogP contribution in [0.1, 0.15) is 13.3 Å². The molecule has 1 N–H and O–H groups in total. The lowest BCUT2D eigenvalue weighted by molar-refractivity contribution is 0.191. The molecule has 0 radical (unpaired) electrons. The van der Waals surface area contributed by atoms with Crippen LogP contribution in [0.4, 0.5) is 5.82 Å². The van der Waals surface area contributed by atoms with E-state index in [9.17, 15) is 5.11 Å². The first-order valence-electron chi connectivity index (χ1n) is 6.09. The number of likely N-dealkylation sites (N-methyl/N-ethyl adjacent to an activating group) is 1. The molecule has 17 heavy (non-hydrogen) atoms. The van der Waals surface area contributed by atoms with Gasteiger partial charge >= 0.3 is 0 Å². The van der Waals surface area contributed by atoms with Gasteiger partial charge in [0, 0.05) is 25.7 Å². The van der Waals surface area contributed by atoms with Gasteiger partial charge in [-0.1, -0.05) is 5.21 Å². The summed E-state index contributed by atoms with van der Waals surface area (Å²) in [6.45, 7) is 4.46. The van der Waals surface area contributed by atoms with Crippen LogP contribution in [0.15, 0.2) is 6.20 Å². The summed E-state index contributed by atoms with van der Waals surface area (Å²) in [6, 6.07) is 0.337. The molecule has 6 nitrogen and oxygen atoms in total. The number of β-amino-alcohol motifs (C(OH)–C–C–N with tert-alkyl or cyclic N) is 1. The maximum absolute atomic E-state index is 9.84. The first-order chi connectivity index (χ1) is 8.11. The molecule has 1 aliphatic heterocycles. The van der Waals surface area contributed by atoms with E-state index in [0.29, 0.717) is 12.6 Å². The molecule has 0 aromatic carbocycles. The standard InChI is InChI=1S/C11H21N5O/c1-4-16-11(6-12-13-16)15-8-10(17)5-9(15)7-14(2)3/h6,9-10,17H,4-5,7-8H2,1-3H3. The lowest BCUT2D eigenvalue weighted by Gasteiger charge is -2.28. The van der Waals surface area contributed by atoms with Crippen LogP contribution < -0.4 is 4.90 Å². The maximum atomic E-state index is 9.84. The molecule has 0 spiro atoms. The summed E-state index contributed by atoms with van der Waals surface area (Å²) in [4.78, 5) is 4.37. The van der Waals surface area contributed by atoms with Crippen LogP contribution in [0.5, 0.6) is 0 Å². The molecule has 0 saturated carbocycles. The van der Waals surface area contributed by atoms with E-state index in [4.69, 9.17) is 0 Å². The second kappa shape index (κ2) is 5.01. The van der Waals surface area contributed by atoms with E-state index in [2.05, 4.69) is 34.2 Å².